The Hall–Kier alpha value is -0.870. The number of benzene rings is 1. The summed E-state index contributed by atoms with van der Waals surface area (Å²) in [5, 5.41) is 8.92. The maximum Gasteiger partial charge on any atom is 0.115 e. The van der Waals surface area contributed by atoms with Crippen LogP contribution in [0.5, 0.6) is 5.75 Å². The van der Waals surface area contributed by atoms with E-state index in [1.807, 2.05) is 0 Å². The summed E-state index contributed by atoms with van der Waals surface area (Å²) in [6.45, 7) is 1.63. The number of hydrogen-bond acceptors (Lipinski definition) is 3. The third-order valence-electron chi connectivity index (χ3n) is 1.34. The van der Waals surface area contributed by atoms with Crippen LogP contribution in [0.3, 0.4) is 0 Å². The van der Waals surface area contributed by atoms with Crippen LogP contribution in [0.4, 0.5) is 0 Å². The molecule has 11 heavy (non-hydrogen) atoms. The highest BCUT2D eigenvalue weighted by Gasteiger charge is 1.97. The van der Waals surface area contributed by atoms with Crippen LogP contribution in [0.1, 0.15) is 5.56 Å². The SMILES string of the molecule is Cc1cc(O)ccc1S(=O)[O-]. The van der Waals surface area contributed by atoms with E-state index in [-0.39, 0.29) is 10.6 Å². The number of phenolic OH excluding ortho intramolecular Hbond substituents is 1. The number of aryl methyl sites for hydroxylation is 1. The van der Waals surface area contributed by atoms with Gasteiger partial charge in [-0.3, -0.25) is 4.21 Å². The van der Waals surface area contributed by atoms with Gasteiger partial charge in [-0.25, -0.2) is 0 Å². The topological polar surface area (TPSA) is 60.4 Å². The van der Waals surface area contributed by atoms with Crippen LogP contribution in [0, 0.1) is 6.92 Å². The van der Waals surface area contributed by atoms with E-state index >= 15 is 0 Å². The van der Waals surface area contributed by atoms with E-state index in [0.717, 1.165) is 0 Å². The number of rotatable bonds is 1. The molecule has 1 unspecified atom stereocenters. The number of phenols is 1. The highest BCUT2D eigenvalue weighted by atomic mass is 32.2. The number of hydrogen-bond donors (Lipinski definition) is 1. The molecule has 60 valence electrons. The Morgan fingerprint density at radius 2 is 2.18 bits per heavy atom. The third-order valence-corrected chi connectivity index (χ3v) is 2.16. The largest absolute Gasteiger partial charge is 0.768 e. The highest BCUT2D eigenvalue weighted by molar-refractivity contribution is 7.79. The zero-order valence-corrected chi connectivity index (χ0v) is 6.72. The molecule has 0 radical (unpaired) electrons. The lowest BCUT2D eigenvalue weighted by Crippen LogP contribution is -1.91. The fourth-order valence-electron chi connectivity index (χ4n) is 0.821. The molecule has 0 heterocycles. The number of aromatic hydroxyl groups is 1. The maximum absolute atomic E-state index is 10.5. The van der Waals surface area contributed by atoms with Gasteiger partial charge >= 0.3 is 0 Å². The summed E-state index contributed by atoms with van der Waals surface area (Å²) in [4.78, 5) is 0.225. The molecule has 0 saturated heterocycles. The van der Waals surface area contributed by atoms with Crippen LogP contribution in [-0.4, -0.2) is 13.9 Å². The summed E-state index contributed by atoms with van der Waals surface area (Å²) in [5.41, 5.74) is 0.554. The van der Waals surface area contributed by atoms with E-state index in [4.69, 9.17) is 5.11 Å². The third kappa shape index (κ3) is 1.78. The molecule has 1 aromatic rings. The van der Waals surface area contributed by atoms with Crippen molar-refractivity contribution < 1.29 is 13.9 Å². The molecule has 1 rings (SSSR count). The zero-order valence-electron chi connectivity index (χ0n) is 5.90. The van der Waals surface area contributed by atoms with E-state index < -0.39 is 11.1 Å². The van der Waals surface area contributed by atoms with Crippen LogP contribution in [0.15, 0.2) is 23.1 Å². The van der Waals surface area contributed by atoms with Crippen molar-refractivity contribution in [1.82, 2.24) is 0 Å². The average Bonchev–Trinajstić information content (AvgIpc) is 1.85. The predicted molar refractivity (Wildman–Crippen MR) is 40.0 cm³/mol. The van der Waals surface area contributed by atoms with Gasteiger partial charge in [-0.15, -0.1) is 0 Å². The molecule has 0 amide bonds. The summed E-state index contributed by atoms with van der Waals surface area (Å²) in [5.74, 6) is 0.0803. The second-order valence-electron chi connectivity index (χ2n) is 2.18. The van der Waals surface area contributed by atoms with Gasteiger partial charge in [0.1, 0.15) is 5.75 Å². The van der Waals surface area contributed by atoms with Gasteiger partial charge in [-0.05, 0) is 41.8 Å². The van der Waals surface area contributed by atoms with E-state index in [9.17, 15) is 8.76 Å². The summed E-state index contributed by atoms with van der Waals surface area (Å²) in [6, 6.07) is 4.12. The first-order valence-corrected chi connectivity index (χ1v) is 4.07. The minimum absolute atomic E-state index is 0.0803. The second-order valence-corrected chi connectivity index (χ2v) is 3.09. The Morgan fingerprint density at radius 3 is 2.64 bits per heavy atom. The summed E-state index contributed by atoms with van der Waals surface area (Å²) < 4.78 is 20.9. The summed E-state index contributed by atoms with van der Waals surface area (Å²) in [7, 11) is 0. The van der Waals surface area contributed by atoms with Gasteiger partial charge in [0.2, 0.25) is 0 Å². The van der Waals surface area contributed by atoms with Crippen LogP contribution >= 0.6 is 0 Å². The van der Waals surface area contributed by atoms with Gasteiger partial charge in [-0.2, -0.15) is 0 Å². The molecular formula is C7H7O3S-. The smallest absolute Gasteiger partial charge is 0.115 e. The molecule has 3 nitrogen and oxygen atoms in total. The first kappa shape index (κ1) is 8.23. The molecule has 0 aliphatic rings. The quantitative estimate of drug-likeness (QED) is 0.639. The average molecular weight is 171 g/mol. The lowest BCUT2D eigenvalue weighted by molar-refractivity contribution is 0.474. The van der Waals surface area contributed by atoms with Crippen molar-refractivity contribution in [2.45, 2.75) is 11.8 Å². The van der Waals surface area contributed by atoms with E-state index in [1.165, 1.54) is 18.2 Å². The Morgan fingerprint density at radius 1 is 1.55 bits per heavy atom. The van der Waals surface area contributed by atoms with Gasteiger partial charge in [0.05, 0.1) is 0 Å². The van der Waals surface area contributed by atoms with Crippen LogP contribution in [0.25, 0.3) is 0 Å². The fraction of sp³-hybridized carbons (Fsp3) is 0.143. The van der Waals surface area contributed by atoms with Gasteiger partial charge in [0, 0.05) is 4.90 Å². The zero-order chi connectivity index (χ0) is 8.43. The van der Waals surface area contributed by atoms with Gasteiger partial charge < -0.3 is 9.66 Å². The summed E-state index contributed by atoms with van der Waals surface area (Å²) >= 11 is -2.21. The molecule has 4 heteroatoms. The molecule has 0 aromatic heterocycles. The minimum Gasteiger partial charge on any atom is -0.768 e. The van der Waals surface area contributed by atoms with Crippen molar-refractivity contribution in [3.05, 3.63) is 23.8 Å². The Kier molecular flexibility index (Phi) is 2.26. The molecular weight excluding hydrogens is 164 g/mol. The van der Waals surface area contributed by atoms with Crippen molar-refractivity contribution in [3.8, 4) is 5.75 Å². The Bertz CT molecular complexity index is 296. The van der Waals surface area contributed by atoms with E-state index in [1.54, 1.807) is 6.92 Å². The maximum atomic E-state index is 10.5. The minimum atomic E-state index is -2.21. The first-order valence-electron chi connectivity index (χ1n) is 3.00. The molecule has 0 bridgehead atoms. The lowest BCUT2D eigenvalue weighted by Gasteiger charge is -2.07. The molecule has 1 atom stereocenters. The first-order chi connectivity index (χ1) is 5.11. The van der Waals surface area contributed by atoms with Gasteiger partial charge in [0.15, 0.2) is 0 Å². The monoisotopic (exact) mass is 171 g/mol. The van der Waals surface area contributed by atoms with Crippen molar-refractivity contribution in [2.75, 3.05) is 0 Å². The van der Waals surface area contributed by atoms with Crippen LogP contribution in [0.2, 0.25) is 0 Å². The molecule has 0 aliphatic heterocycles. The van der Waals surface area contributed by atoms with Gasteiger partial charge in [0.25, 0.3) is 0 Å². The molecule has 0 aliphatic carbocycles. The van der Waals surface area contributed by atoms with E-state index in [2.05, 4.69) is 0 Å². The standard InChI is InChI=1S/C7H8O3S/c1-5-4-6(8)2-3-7(5)11(9)10/h2-4,8H,1H3,(H,9,10)/p-1. The molecule has 0 fully saturated rings. The molecule has 1 aromatic carbocycles. The Balaban J connectivity index is 3.20. The van der Waals surface area contributed by atoms with Crippen molar-refractivity contribution in [3.63, 3.8) is 0 Å². The normalized spacial score (nSPS) is 12.9. The Labute approximate surface area is 67.0 Å². The molecule has 0 saturated carbocycles. The molecule has 0 spiro atoms. The van der Waals surface area contributed by atoms with E-state index in [0.29, 0.717) is 5.56 Å². The highest BCUT2D eigenvalue weighted by Crippen LogP contribution is 2.17. The second kappa shape index (κ2) is 3.02. The van der Waals surface area contributed by atoms with Gasteiger partial charge in [-0.1, -0.05) is 0 Å². The van der Waals surface area contributed by atoms with Crippen LogP contribution < -0.4 is 0 Å². The van der Waals surface area contributed by atoms with Crippen molar-refractivity contribution >= 4 is 11.1 Å². The summed E-state index contributed by atoms with van der Waals surface area (Å²) in [6.07, 6.45) is 0. The lowest BCUT2D eigenvalue weighted by atomic mass is 10.2. The van der Waals surface area contributed by atoms with Crippen molar-refractivity contribution in [2.24, 2.45) is 0 Å². The predicted octanol–water partition coefficient (Wildman–Crippen LogP) is 0.939. The van der Waals surface area contributed by atoms with Crippen molar-refractivity contribution in [1.29, 1.82) is 0 Å². The fourth-order valence-corrected chi connectivity index (χ4v) is 1.32. The molecule has 1 N–H and O–H groups in total. The van der Waals surface area contributed by atoms with Crippen LogP contribution in [-0.2, 0) is 11.1 Å².